The fourth-order valence-corrected chi connectivity index (χ4v) is 3.99. The van der Waals surface area contributed by atoms with E-state index in [0.717, 1.165) is 10.0 Å². The number of hydrogen-bond donors (Lipinski definition) is 1. The molecular formula is C25H22BrN3O3. The van der Waals surface area contributed by atoms with Gasteiger partial charge in [-0.2, -0.15) is 0 Å². The van der Waals surface area contributed by atoms with Crippen molar-refractivity contribution in [1.82, 2.24) is 14.5 Å². The van der Waals surface area contributed by atoms with Gasteiger partial charge < -0.3 is 14.6 Å². The summed E-state index contributed by atoms with van der Waals surface area (Å²) in [5.74, 6) is -1.44. The van der Waals surface area contributed by atoms with Crippen molar-refractivity contribution in [2.75, 3.05) is 6.54 Å². The van der Waals surface area contributed by atoms with Crippen LogP contribution in [0.4, 0.5) is 0 Å². The van der Waals surface area contributed by atoms with Crippen LogP contribution in [0, 0.1) is 0 Å². The predicted molar refractivity (Wildman–Crippen MR) is 127 cm³/mol. The minimum Gasteiger partial charge on any atom is -0.507 e. The fourth-order valence-electron chi connectivity index (χ4n) is 3.72. The molecular weight excluding hydrogens is 470 g/mol. The molecule has 0 spiro atoms. The number of aliphatic hydroxyl groups excluding tert-OH is 1. The van der Waals surface area contributed by atoms with Crippen LogP contribution in [-0.4, -0.2) is 43.8 Å². The predicted octanol–water partition coefficient (Wildman–Crippen LogP) is 4.50. The van der Waals surface area contributed by atoms with Crippen molar-refractivity contribution in [3.63, 3.8) is 0 Å². The summed E-state index contributed by atoms with van der Waals surface area (Å²) in [5.41, 5.74) is 1.54. The van der Waals surface area contributed by atoms with Crippen molar-refractivity contribution in [2.45, 2.75) is 19.0 Å². The quantitative estimate of drug-likeness (QED) is 0.300. The third kappa shape index (κ3) is 4.73. The van der Waals surface area contributed by atoms with Crippen molar-refractivity contribution in [1.29, 1.82) is 0 Å². The van der Waals surface area contributed by atoms with E-state index in [1.807, 2.05) is 47.2 Å². The Morgan fingerprint density at radius 1 is 1.06 bits per heavy atom. The monoisotopic (exact) mass is 491 g/mol. The van der Waals surface area contributed by atoms with E-state index in [-0.39, 0.29) is 11.3 Å². The average molecular weight is 492 g/mol. The maximum Gasteiger partial charge on any atom is 0.295 e. The summed E-state index contributed by atoms with van der Waals surface area (Å²) >= 11 is 3.37. The molecule has 0 bridgehead atoms. The standard InChI is InChI=1S/C25H22BrN3O3/c26-20-10-8-19(9-11-20)23(30)22-21(12-7-18-5-2-1-3-6-18)29(25(32)24(22)31)15-4-14-28-16-13-27-17-28/h1-3,5-13,16-17,21,30H,4,14-15H2/b12-7+,23-22?/t21-/m1/s1. The Morgan fingerprint density at radius 3 is 2.50 bits per heavy atom. The topological polar surface area (TPSA) is 75.4 Å². The number of imidazole rings is 1. The van der Waals surface area contributed by atoms with E-state index in [2.05, 4.69) is 20.9 Å². The zero-order chi connectivity index (χ0) is 22.5. The zero-order valence-corrected chi connectivity index (χ0v) is 18.9. The number of likely N-dealkylation sites (tertiary alicyclic amines) is 1. The van der Waals surface area contributed by atoms with Crippen LogP contribution in [0.1, 0.15) is 17.5 Å². The van der Waals surface area contributed by atoms with Gasteiger partial charge in [0.2, 0.25) is 0 Å². The van der Waals surface area contributed by atoms with Gasteiger partial charge in [0.15, 0.2) is 0 Å². The summed E-state index contributed by atoms with van der Waals surface area (Å²) in [4.78, 5) is 31.4. The summed E-state index contributed by atoms with van der Waals surface area (Å²) in [6.07, 6.45) is 9.60. The summed E-state index contributed by atoms with van der Waals surface area (Å²) in [6.45, 7) is 1.05. The molecule has 2 aromatic carbocycles. The first kappa shape index (κ1) is 21.8. The first-order chi connectivity index (χ1) is 15.5. The number of hydrogen-bond acceptors (Lipinski definition) is 4. The maximum absolute atomic E-state index is 12.9. The van der Waals surface area contributed by atoms with E-state index in [1.165, 1.54) is 4.90 Å². The molecule has 1 amide bonds. The zero-order valence-electron chi connectivity index (χ0n) is 17.3. The van der Waals surface area contributed by atoms with E-state index < -0.39 is 17.7 Å². The summed E-state index contributed by atoms with van der Waals surface area (Å²) in [6, 6.07) is 16.0. The first-order valence-electron chi connectivity index (χ1n) is 10.3. The second-order valence-electron chi connectivity index (χ2n) is 7.47. The molecule has 1 fully saturated rings. The first-order valence-corrected chi connectivity index (χ1v) is 11.1. The van der Waals surface area contributed by atoms with Crippen LogP contribution in [0.3, 0.4) is 0 Å². The number of nitrogens with zero attached hydrogens (tertiary/aromatic N) is 3. The fraction of sp³-hybridized carbons (Fsp3) is 0.160. The minimum absolute atomic E-state index is 0.104. The smallest absolute Gasteiger partial charge is 0.295 e. The highest BCUT2D eigenvalue weighted by atomic mass is 79.9. The molecule has 1 aliphatic heterocycles. The number of ketones is 1. The molecule has 1 N–H and O–H groups in total. The van der Waals surface area contributed by atoms with Crippen molar-refractivity contribution in [3.8, 4) is 0 Å². The molecule has 7 heteroatoms. The van der Waals surface area contributed by atoms with E-state index in [0.29, 0.717) is 25.1 Å². The van der Waals surface area contributed by atoms with Crippen LogP contribution in [0.5, 0.6) is 0 Å². The largest absolute Gasteiger partial charge is 0.507 e. The molecule has 1 aliphatic rings. The van der Waals surface area contributed by atoms with E-state index >= 15 is 0 Å². The molecule has 1 atom stereocenters. The number of aryl methyl sites for hydroxylation is 1. The van der Waals surface area contributed by atoms with Crippen LogP contribution >= 0.6 is 15.9 Å². The molecule has 162 valence electrons. The van der Waals surface area contributed by atoms with Crippen LogP contribution in [0.2, 0.25) is 0 Å². The van der Waals surface area contributed by atoms with Gasteiger partial charge in [-0.05, 0) is 24.1 Å². The molecule has 0 aliphatic carbocycles. The Labute approximate surface area is 194 Å². The Kier molecular flexibility index (Phi) is 6.66. The number of aliphatic hydroxyl groups is 1. The number of halogens is 1. The van der Waals surface area contributed by atoms with Crippen LogP contribution in [-0.2, 0) is 16.1 Å². The van der Waals surface area contributed by atoms with Gasteiger partial charge in [0.1, 0.15) is 5.76 Å². The lowest BCUT2D eigenvalue weighted by molar-refractivity contribution is -0.139. The number of carbonyl (C=O) groups excluding carboxylic acids is 2. The molecule has 2 heterocycles. The van der Waals surface area contributed by atoms with Crippen molar-refractivity contribution in [2.24, 2.45) is 0 Å². The Morgan fingerprint density at radius 2 is 1.81 bits per heavy atom. The summed E-state index contributed by atoms with van der Waals surface area (Å²) in [7, 11) is 0. The van der Waals surface area contributed by atoms with Crippen molar-refractivity contribution >= 4 is 39.5 Å². The molecule has 0 unspecified atom stereocenters. The second-order valence-corrected chi connectivity index (χ2v) is 8.38. The number of rotatable bonds is 7. The van der Waals surface area contributed by atoms with Gasteiger partial charge in [-0.25, -0.2) is 4.98 Å². The van der Waals surface area contributed by atoms with Crippen molar-refractivity contribution in [3.05, 3.63) is 101 Å². The Balaban J connectivity index is 1.67. The van der Waals surface area contributed by atoms with Gasteiger partial charge in [0, 0.05) is 35.5 Å². The third-order valence-corrected chi connectivity index (χ3v) is 5.88. The van der Waals surface area contributed by atoms with E-state index in [9.17, 15) is 14.7 Å². The van der Waals surface area contributed by atoms with Gasteiger partial charge in [-0.1, -0.05) is 70.5 Å². The van der Waals surface area contributed by atoms with Crippen molar-refractivity contribution < 1.29 is 14.7 Å². The average Bonchev–Trinajstić information content (AvgIpc) is 3.41. The van der Waals surface area contributed by atoms with Crippen LogP contribution < -0.4 is 0 Å². The highest BCUT2D eigenvalue weighted by Crippen LogP contribution is 2.30. The normalized spacial score (nSPS) is 18.0. The van der Waals surface area contributed by atoms with Gasteiger partial charge in [0.05, 0.1) is 17.9 Å². The molecule has 6 nitrogen and oxygen atoms in total. The number of Topliss-reactive ketones (excluding diaryl/α,β-unsaturated/α-hetero) is 1. The van der Waals surface area contributed by atoms with Crippen LogP contribution in [0.25, 0.3) is 11.8 Å². The molecule has 3 aromatic rings. The number of benzene rings is 2. The molecule has 0 radical (unpaired) electrons. The van der Waals surface area contributed by atoms with Crippen LogP contribution in [0.15, 0.2) is 89.4 Å². The van der Waals surface area contributed by atoms with Gasteiger partial charge >= 0.3 is 0 Å². The third-order valence-electron chi connectivity index (χ3n) is 5.35. The summed E-state index contributed by atoms with van der Waals surface area (Å²) < 4.78 is 2.78. The minimum atomic E-state index is -0.671. The van der Waals surface area contributed by atoms with Gasteiger partial charge in [-0.15, -0.1) is 0 Å². The Bertz CT molecular complexity index is 1150. The number of aromatic nitrogens is 2. The summed E-state index contributed by atoms with van der Waals surface area (Å²) in [5, 5.41) is 11.0. The lowest BCUT2D eigenvalue weighted by atomic mass is 10.00. The van der Waals surface area contributed by atoms with E-state index in [1.54, 1.807) is 42.9 Å². The molecule has 32 heavy (non-hydrogen) atoms. The molecule has 0 saturated carbocycles. The SMILES string of the molecule is O=C1C(=O)N(CCCn2ccnc2)[C@H](/C=C/c2ccccc2)C1=C(O)c1ccc(Br)cc1. The lowest BCUT2D eigenvalue weighted by Crippen LogP contribution is -2.34. The molecule has 4 rings (SSSR count). The molecule has 1 aromatic heterocycles. The maximum atomic E-state index is 12.9. The number of carbonyl (C=O) groups is 2. The highest BCUT2D eigenvalue weighted by Gasteiger charge is 2.43. The number of amides is 1. The van der Waals surface area contributed by atoms with Gasteiger partial charge in [0.25, 0.3) is 11.7 Å². The highest BCUT2D eigenvalue weighted by molar-refractivity contribution is 9.10. The molecule has 1 saturated heterocycles. The van der Waals surface area contributed by atoms with Gasteiger partial charge in [-0.3, -0.25) is 9.59 Å². The Hall–Kier alpha value is -3.45. The lowest BCUT2D eigenvalue weighted by Gasteiger charge is -2.22. The van der Waals surface area contributed by atoms with E-state index in [4.69, 9.17) is 0 Å². The second kappa shape index (κ2) is 9.78.